The van der Waals surface area contributed by atoms with Gasteiger partial charge >= 0.3 is 5.97 Å². The van der Waals surface area contributed by atoms with Gasteiger partial charge in [-0.15, -0.1) is 11.3 Å². The normalized spacial score (nSPS) is 11.5. The van der Waals surface area contributed by atoms with Crippen LogP contribution in [0.4, 0.5) is 5.69 Å². The van der Waals surface area contributed by atoms with Crippen LogP contribution in [-0.2, 0) is 14.3 Å². The van der Waals surface area contributed by atoms with Gasteiger partial charge in [0.25, 0.3) is 11.8 Å². The van der Waals surface area contributed by atoms with Crippen molar-refractivity contribution in [1.82, 2.24) is 5.32 Å². The summed E-state index contributed by atoms with van der Waals surface area (Å²) in [5.41, 5.74) is 0.388. The van der Waals surface area contributed by atoms with Gasteiger partial charge in [-0.1, -0.05) is 19.9 Å². The minimum absolute atomic E-state index is 0.215. The lowest BCUT2D eigenvalue weighted by Crippen LogP contribution is -2.45. The Morgan fingerprint density at radius 3 is 2.45 bits per heavy atom. The first-order chi connectivity index (χ1) is 13.8. The summed E-state index contributed by atoms with van der Waals surface area (Å²) in [6.45, 7) is 3.06. The summed E-state index contributed by atoms with van der Waals surface area (Å²) < 4.78 is 15.4. The van der Waals surface area contributed by atoms with Crippen molar-refractivity contribution in [2.75, 3.05) is 26.1 Å². The average molecular weight is 420 g/mol. The maximum absolute atomic E-state index is 12.4. The van der Waals surface area contributed by atoms with Gasteiger partial charge in [0.15, 0.2) is 6.61 Å². The van der Waals surface area contributed by atoms with Crippen molar-refractivity contribution in [2.45, 2.75) is 19.9 Å². The Morgan fingerprint density at radius 2 is 1.86 bits per heavy atom. The number of esters is 1. The van der Waals surface area contributed by atoms with Crippen LogP contribution in [0.2, 0.25) is 0 Å². The van der Waals surface area contributed by atoms with E-state index in [1.807, 2.05) is 0 Å². The molecule has 0 aliphatic heterocycles. The summed E-state index contributed by atoms with van der Waals surface area (Å²) in [6.07, 6.45) is 0. The van der Waals surface area contributed by atoms with Crippen LogP contribution in [0, 0.1) is 5.92 Å². The van der Waals surface area contributed by atoms with Crippen molar-refractivity contribution in [3.8, 4) is 11.5 Å². The average Bonchev–Trinajstić information content (AvgIpc) is 3.24. The number of anilines is 1. The predicted molar refractivity (Wildman–Crippen MR) is 110 cm³/mol. The van der Waals surface area contributed by atoms with E-state index >= 15 is 0 Å². The molecule has 1 heterocycles. The van der Waals surface area contributed by atoms with Gasteiger partial charge in [-0.3, -0.25) is 9.59 Å². The SMILES string of the molecule is COc1ccc(OC)c(NC(=O)COC(=O)[C@@H](NC(=O)c2cccs2)C(C)C)c1. The number of hydrogen-bond acceptors (Lipinski definition) is 7. The number of rotatable bonds is 9. The highest BCUT2D eigenvalue weighted by Crippen LogP contribution is 2.28. The highest BCUT2D eigenvalue weighted by Gasteiger charge is 2.27. The van der Waals surface area contributed by atoms with Crippen LogP contribution < -0.4 is 20.1 Å². The molecule has 0 saturated heterocycles. The summed E-state index contributed by atoms with van der Waals surface area (Å²) in [7, 11) is 2.98. The first-order valence-corrected chi connectivity index (χ1v) is 9.76. The van der Waals surface area contributed by atoms with Gasteiger partial charge in [-0.05, 0) is 29.5 Å². The molecule has 9 heteroatoms. The Labute approximate surface area is 173 Å². The molecule has 0 fully saturated rings. The lowest BCUT2D eigenvalue weighted by molar-refractivity contribution is -0.150. The first kappa shape index (κ1) is 22.2. The zero-order valence-corrected chi connectivity index (χ0v) is 17.5. The second-order valence-electron chi connectivity index (χ2n) is 6.39. The Morgan fingerprint density at radius 1 is 1.10 bits per heavy atom. The van der Waals surface area contributed by atoms with E-state index in [9.17, 15) is 14.4 Å². The first-order valence-electron chi connectivity index (χ1n) is 8.88. The molecule has 1 aromatic heterocycles. The third kappa shape index (κ3) is 6.21. The smallest absolute Gasteiger partial charge is 0.329 e. The molecule has 2 aromatic rings. The molecular formula is C20H24N2O6S. The van der Waals surface area contributed by atoms with E-state index < -0.39 is 24.5 Å². The highest BCUT2D eigenvalue weighted by molar-refractivity contribution is 7.12. The number of carbonyl (C=O) groups excluding carboxylic acids is 3. The van der Waals surface area contributed by atoms with Crippen LogP contribution >= 0.6 is 11.3 Å². The lowest BCUT2D eigenvalue weighted by Gasteiger charge is -2.20. The second kappa shape index (κ2) is 10.5. The fourth-order valence-electron chi connectivity index (χ4n) is 2.44. The molecule has 0 spiro atoms. The van der Waals surface area contributed by atoms with Crippen LogP contribution in [0.25, 0.3) is 0 Å². The minimum atomic E-state index is -0.872. The number of amides is 2. The lowest BCUT2D eigenvalue weighted by atomic mass is 10.0. The summed E-state index contributed by atoms with van der Waals surface area (Å²) in [6, 6.07) is 7.48. The molecule has 0 bridgehead atoms. The molecule has 0 aliphatic rings. The van der Waals surface area contributed by atoms with Crippen molar-refractivity contribution < 1.29 is 28.6 Å². The van der Waals surface area contributed by atoms with Crippen molar-refractivity contribution in [2.24, 2.45) is 5.92 Å². The van der Waals surface area contributed by atoms with E-state index in [0.29, 0.717) is 22.1 Å². The molecule has 1 atom stereocenters. The Bertz CT molecular complexity index is 851. The number of benzene rings is 1. The molecule has 0 unspecified atom stereocenters. The standard InChI is InChI=1S/C20H24N2O6S/c1-12(2)18(22-19(24)16-6-5-9-29-16)20(25)28-11-17(23)21-14-10-13(26-3)7-8-15(14)27-4/h5-10,12,18H,11H2,1-4H3,(H,21,23)(H,22,24)/t18-/m0/s1. The maximum Gasteiger partial charge on any atom is 0.329 e. The summed E-state index contributed by atoms with van der Waals surface area (Å²) in [5.74, 6) is -0.827. The summed E-state index contributed by atoms with van der Waals surface area (Å²) in [4.78, 5) is 37.3. The molecule has 8 nitrogen and oxygen atoms in total. The van der Waals surface area contributed by atoms with Crippen LogP contribution in [0.3, 0.4) is 0 Å². The van der Waals surface area contributed by atoms with Crippen LogP contribution in [0.1, 0.15) is 23.5 Å². The van der Waals surface area contributed by atoms with Crippen LogP contribution in [0.15, 0.2) is 35.7 Å². The molecule has 0 aliphatic carbocycles. The molecular weight excluding hydrogens is 396 g/mol. The van der Waals surface area contributed by atoms with Crippen molar-refractivity contribution in [1.29, 1.82) is 0 Å². The zero-order valence-electron chi connectivity index (χ0n) is 16.7. The number of carbonyl (C=O) groups is 3. The molecule has 29 heavy (non-hydrogen) atoms. The molecule has 156 valence electrons. The zero-order chi connectivity index (χ0) is 21.4. The second-order valence-corrected chi connectivity index (χ2v) is 7.34. The third-order valence-electron chi connectivity index (χ3n) is 3.98. The van der Waals surface area contributed by atoms with Crippen molar-refractivity contribution >= 4 is 34.8 Å². The Balaban J connectivity index is 1.95. The van der Waals surface area contributed by atoms with Crippen LogP contribution in [-0.4, -0.2) is 44.7 Å². The number of nitrogens with one attached hydrogen (secondary N) is 2. The fourth-order valence-corrected chi connectivity index (χ4v) is 3.07. The van der Waals surface area contributed by atoms with Crippen LogP contribution in [0.5, 0.6) is 11.5 Å². The highest BCUT2D eigenvalue weighted by atomic mass is 32.1. The number of thiophene rings is 1. The fraction of sp³-hybridized carbons (Fsp3) is 0.350. The maximum atomic E-state index is 12.4. The van der Waals surface area contributed by atoms with Gasteiger partial charge in [-0.2, -0.15) is 0 Å². The Kier molecular flexibility index (Phi) is 8.02. The topological polar surface area (TPSA) is 103 Å². The van der Waals surface area contributed by atoms with Gasteiger partial charge in [0.2, 0.25) is 0 Å². The van der Waals surface area contributed by atoms with Gasteiger partial charge in [0.05, 0.1) is 24.8 Å². The third-order valence-corrected chi connectivity index (χ3v) is 4.85. The summed E-state index contributed by atoms with van der Waals surface area (Å²) >= 11 is 1.27. The molecule has 2 rings (SSSR count). The number of ether oxygens (including phenoxy) is 3. The molecule has 1 aromatic carbocycles. The Hall–Kier alpha value is -3.07. The van der Waals surface area contributed by atoms with E-state index in [1.165, 1.54) is 25.6 Å². The molecule has 2 N–H and O–H groups in total. The minimum Gasteiger partial charge on any atom is -0.497 e. The number of methoxy groups -OCH3 is 2. The molecule has 0 saturated carbocycles. The van der Waals surface area contributed by atoms with E-state index in [4.69, 9.17) is 14.2 Å². The molecule has 2 amide bonds. The summed E-state index contributed by atoms with van der Waals surface area (Å²) in [5, 5.41) is 7.04. The van der Waals surface area contributed by atoms with E-state index in [0.717, 1.165) is 0 Å². The monoisotopic (exact) mass is 420 g/mol. The van der Waals surface area contributed by atoms with Gasteiger partial charge in [0, 0.05) is 6.07 Å². The van der Waals surface area contributed by atoms with E-state index in [-0.39, 0.29) is 11.8 Å². The largest absolute Gasteiger partial charge is 0.497 e. The van der Waals surface area contributed by atoms with Gasteiger partial charge < -0.3 is 24.8 Å². The quantitative estimate of drug-likeness (QED) is 0.605. The predicted octanol–water partition coefficient (Wildman–Crippen LogP) is 2.70. The van der Waals surface area contributed by atoms with Crippen molar-refractivity contribution in [3.63, 3.8) is 0 Å². The van der Waals surface area contributed by atoms with E-state index in [2.05, 4.69) is 10.6 Å². The molecule has 0 radical (unpaired) electrons. The number of hydrogen-bond donors (Lipinski definition) is 2. The van der Waals surface area contributed by atoms with Crippen molar-refractivity contribution in [3.05, 3.63) is 40.6 Å². The van der Waals surface area contributed by atoms with Gasteiger partial charge in [-0.25, -0.2) is 4.79 Å². The van der Waals surface area contributed by atoms with E-state index in [1.54, 1.807) is 49.6 Å². The van der Waals surface area contributed by atoms with Gasteiger partial charge in [0.1, 0.15) is 17.5 Å².